The van der Waals surface area contributed by atoms with Crippen molar-refractivity contribution in [2.75, 3.05) is 20.1 Å². The van der Waals surface area contributed by atoms with Crippen LogP contribution < -0.4 is 5.73 Å². The van der Waals surface area contributed by atoms with Crippen LogP contribution in [-0.4, -0.2) is 35.2 Å². The van der Waals surface area contributed by atoms with E-state index >= 15 is 0 Å². The summed E-state index contributed by atoms with van der Waals surface area (Å²) in [4.78, 5) is 2.31. The number of hydrogen-bond donors (Lipinski definition) is 2. The Balaban J connectivity index is 2.13. The highest BCUT2D eigenvalue weighted by molar-refractivity contribution is 5.17. The minimum absolute atomic E-state index is 0.153. The van der Waals surface area contributed by atoms with Gasteiger partial charge in [-0.3, -0.25) is 5.10 Å². The van der Waals surface area contributed by atoms with Crippen molar-refractivity contribution in [3.8, 4) is 0 Å². The van der Waals surface area contributed by atoms with Gasteiger partial charge in [0.15, 0.2) is 0 Å². The van der Waals surface area contributed by atoms with Gasteiger partial charge >= 0.3 is 0 Å². The van der Waals surface area contributed by atoms with Crippen LogP contribution in [0.2, 0.25) is 0 Å². The van der Waals surface area contributed by atoms with Crippen LogP contribution in [0.25, 0.3) is 0 Å². The molecule has 13 heavy (non-hydrogen) atoms. The van der Waals surface area contributed by atoms with Gasteiger partial charge in [-0.2, -0.15) is 5.10 Å². The molecule has 1 fully saturated rings. The molecule has 0 atom stereocenters. The summed E-state index contributed by atoms with van der Waals surface area (Å²) in [5.74, 6) is 0. The van der Waals surface area contributed by atoms with Crippen LogP contribution in [0.3, 0.4) is 0 Å². The van der Waals surface area contributed by atoms with Crippen molar-refractivity contribution < 1.29 is 0 Å². The number of aromatic amines is 1. The minimum Gasteiger partial charge on any atom is -0.321 e. The van der Waals surface area contributed by atoms with E-state index in [0.29, 0.717) is 0 Å². The summed E-state index contributed by atoms with van der Waals surface area (Å²) in [5, 5.41) is 6.76. The highest BCUT2D eigenvalue weighted by Crippen LogP contribution is 2.28. The van der Waals surface area contributed by atoms with E-state index in [9.17, 15) is 0 Å². The summed E-state index contributed by atoms with van der Waals surface area (Å²) < 4.78 is 0. The maximum absolute atomic E-state index is 6.30. The predicted octanol–water partition coefficient (Wildman–Crippen LogP) is 0.289. The molecule has 1 aromatic rings. The number of piperidine rings is 1. The summed E-state index contributed by atoms with van der Waals surface area (Å²) in [6.07, 6.45) is 5.78. The molecule has 4 nitrogen and oxygen atoms in total. The van der Waals surface area contributed by atoms with Crippen molar-refractivity contribution in [1.82, 2.24) is 15.1 Å². The van der Waals surface area contributed by atoms with Crippen LogP contribution in [0, 0.1) is 0 Å². The molecular formula is C9H16N4. The van der Waals surface area contributed by atoms with Gasteiger partial charge in [-0.15, -0.1) is 0 Å². The summed E-state index contributed by atoms with van der Waals surface area (Å²) in [6.45, 7) is 2.14. The van der Waals surface area contributed by atoms with E-state index in [1.54, 1.807) is 0 Å². The Hall–Kier alpha value is -0.870. The van der Waals surface area contributed by atoms with Crippen LogP contribution in [-0.2, 0) is 5.54 Å². The van der Waals surface area contributed by atoms with Gasteiger partial charge in [-0.1, -0.05) is 0 Å². The lowest BCUT2D eigenvalue weighted by atomic mass is 9.84. The van der Waals surface area contributed by atoms with E-state index in [1.165, 1.54) is 0 Å². The first-order valence-corrected chi connectivity index (χ1v) is 4.67. The Kier molecular flexibility index (Phi) is 2.09. The molecule has 4 heteroatoms. The molecule has 0 spiro atoms. The van der Waals surface area contributed by atoms with Gasteiger partial charge in [0.1, 0.15) is 0 Å². The molecule has 72 valence electrons. The van der Waals surface area contributed by atoms with Crippen LogP contribution in [0.4, 0.5) is 0 Å². The first kappa shape index (κ1) is 8.72. The van der Waals surface area contributed by atoms with Crippen LogP contribution in [0.5, 0.6) is 0 Å². The number of H-pyrrole nitrogens is 1. The van der Waals surface area contributed by atoms with Gasteiger partial charge in [0, 0.05) is 17.3 Å². The van der Waals surface area contributed by atoms with Crippen molar-refractivity contribution >= 4 is 0 Å². The van der Waals surface area contributed by atoms with Crippen LogP contribution >= 0.6 is 0 Å². The normalized spacial score (nSPS) is 23.2. The van der Waals surface area contributed by atoms with Crippen molar-refractivity contribution in [1.29, 1.82) is 0 Å². The van der Waals surface area contributed by atoms with E-state index in [1.807, 2.05) is 12.4 Å². The SMILES string of the molecule is CN1CCC(N)(c2cn[nH]c2)CC1. The number of aromatic nitrogens is 2. The van der Waals surface area contributed by atoms with Crippen LogP contribution in [0.1, 0.15) is 18.4 Å². The topological polar surface area (TPSA) is 57.9 Å². The molecular weight excluding hydrogens is 164 g/mol. The third-order valence-electron chi connectivity index (χ3n) is 2.95. The van der Waals surface area contributed by atoms with Gasteiger partial charge in [0.05, 0.1) is 6.20 Å². The minimum atomic E-state index is -0.153. The monoisotopic (exact) mass is 180 g/mol. The molecule has 1 aliphatic heterocycles. The summed E-state index contributed by atoms with van der Waals surface area (Å²) >= 11 is 0. The molecule has 0 amide bonds. The molecule has 0 aromatic carbocycles. The molecule has 2 rings (SSSR count). The standard InChI is InChI=1S/C9H16N4/c1-13-4-2-9(10,3-5-13)8-6-11-12-7-8/h6-7H,2-5,10H2,1H3,(H,11,12). The maximum atomic E-state index is 6.30. The molecule has 2 heterocycles. The average Bonchev–Trinajstić information content (AvgIpc) is 2.63. The molecule has 0 unspecified atom stereocenters. The fourth-order valence-corrected chi connectivity index (χ4v) is 1.83. The van der Waals surface area contributed by atoms with E-state index in [4.69, 9.17) is 5.73 Å². The molecule has 1 aromatic heterocycles. The number of nitrogens with one attached hydrogen (secondary N) is 1. The van der Waals surface area contributed by atoms with Gasteiger partial charge < -0.3 is 10.6 Å². The number of hydrogen-bond acceptors (Lipinski definition) is 3. The fraction of sp³-hybridized carbons (Fsp3) is 0.667. The third kappa shape index (κ3) is 1.59. The van der Waals surface area contributed by atoms with Gasteiger partial charge in [0.2, 0.25) is 0 Å². The second-order valence-corrected chi connectivity index (χ2v) is 3.95. The van der Waals surface area contributed by atoms with Crippen molar-refractivity contribution in [2.24, 2.45) is 5.73 Å². The Morgan fingerprint density at radius 3 is 2.77 bits per heavy atom. The predicted molar refractivity (Wildman–Crippen MR) is 51.2 cm³/mol. The van der Waals surface area contributed by atoms with Crippen molar-refractivity contribution in [2.45, 2.75) is 18.4 Å². The molecule has 0 bridgehead atoms. The average molecular weight is 180 g/mol. The number of rotatable bonds is 1. The Bertz CT molecular complexity index is 259. The zero-order chi connectivity index (χ0) is 9.31. The van der Waals surface area contributed by atoms with Crippen molar-refractivity contribution in [3.05, 3.63) is 18.0 Å². The van der Waals surface area contributed by atoms with Gasteiger partial charge in [-0.05, 0) is 33.0 Å². The molecule has 3 N–H and O–H groups in total. The highest BCUT2D eigenvalue weighted by Gasteiger charge is 2.31. The van der Waals surface area contributed by atoms with Crippen LogP contribution in [0.15, 0.2) is 12.4 Å². The van der Waals surface area contributed by atoms with E-state index in [2.05, 4.69) is 22.1 Å². The van der Waals surface area contributed by atoms with E-state index in [0.717, 1.165) is 31.5 Å². The molecule has 1 saturated heterocycles. The summed E-state index contributed by atoms with van der Waals surface area (Å²) in [7, 11) is 2.13. The first-order chi connectivity index (χ1) is 6.21. The highest BCUT2D eigenvalue weighted by atomic mass is 15.1. The van der Waals surface area contributed by atoms with Crippen molar-refractivity contribution in [3.63, 3.8) is 0 Å². The summed E-state index contributed by atoms with van der Waals surface area (Å²) in [5.41, 5.74) is 7.29. The Morgan fingerprint density at radius 1 is 1.54 bits per heavy atom. The number of nitrogens with two attached hydrogens (primary N) is 1. The lowest BCUT2D eigenvalue weighted by Gasteiger charge is -2.36. The smallest absolute Gasteiger partial charge is 0.0537 e. The number of nitrogens with zero attached hydrogens (tertiary/aromatic N) is 2. The van der Waals surface area contributed by atoms with Gasteiger partial charge in [0.25, 0.3) is 0 Å². The quantitative estimate of drug-likeness (QED) is 0.653. The van der Waals surface area contributed by atoms with Gasteiger partial charge in [-0.25, -0.2) is 0 Å². The fourth-order valence-electron chi connectivity index (χ4n) is 1.83. The largest absolute Gasteiger partial charge is 0.321 e. The zero-order valence-electron chi connectivity index (χ0n) is 7.95. The molecule has 1 aliphatic rings. The molecule has 0 saturated carbocycles. The first-order valence-electron chi connectivity index (χ1n) is 4.67. The van der Waals surface area contributed by atoms with E-state index < -0.39 is 0 Å². The Labute approximate surface area is 78.1 Å². The third-order valence-corrected chi connectivity index (χ3v) is 2.95. The second-order valence-electron chi connectivity index (χ2n) is 3.95. The Morgan fingerprint density at radius 2 is 2.23 bits per heavy atom. The van der Waals surface area contributed by atoms with E-state index in [-0.39, 0.29) is 5.54 Å². The molecule has 0 radical (unpaired) electrons. The summed E-state index contributed by atoms with van der Waals surface area (Å²) in [6, 6.07) is 0. The lowest BCUT2D eigenvalue weighted by molar-refractivity contribution is 0.191. The molecule has 0 aliphatic carbocycles. The zero-order valence-corrected chi connectivity index (χ0v) is 7.95. The second kappa shape index (κ2) is 3.12. The maximum Gasteiger partial charge on any atom is 0.0537 e. The number of likely N-dealkylation sites (tertiary alicyclic amines) is 1. The lowest BCUT2D eigenvalue weighted by Crippen LogP contribution is -2.46.